The SMILES string of the molecule is Cc1c(Br)cc(Cl)cc1[N+](=O)[O-]. The summed E-state index contributed by atoms with van der Waals surface area (Å²) in [6, 6.07) is 2.96. The lowest BCUT2D eigenvalue weighted by atomic mass is 10.2. The summed E-state index contributed by atoms with van der Waals surface area (Å²) in [4.78, 5) is 10.00. The first-order valence-corrected chi connectivity index (χ1v) is 4.29. The molecule has 0 bridgehead atoms. The Morgan fingerprint density at radius 1 is 1.58 bits per heavy atom. The second-order valence-electron chi connectivity index (χ2n) is 2.29. The Bertz CT molecular complexity index is 340. The Balaban J connectivity index is 3.37. The second-order valence-corrected chi connectivity index (χ2v) is 3.58. The maximum absolute atomic E-state index is 10.5. The Labute approximate surface area is 82.6 Å². The molecule has 0 saturated carbocycles. The van der Waals surface area contributed by atoms with Crippen molar-refractivity contribution in [2.45, 2.75) is 6.92 Å². The van der Waals surface area contributed by atoms with Crippen molar-refractivity contribution in [2.75, 3.05) is 0 Å². The molecular weight excluding hydrogens is 245 g/mol. The quantitative estimate of drug-likeness (QED) is 0.567. The zero-order valence-electron chi connectivity index (χ0n) is 6.17. The van der Waals surface area contributed by atoms with Crippen molar-refractivity contribution in [2.24, 2.45) is 0 Å². The summed E-state index contributed by atoms with van der Waals surface area (Å²) in [5, 5.41) is 10.8. The third-order valence-electron chi connectivity index (χ3n) is 1.48. The van der Waals surface area contributed by atoms with Crippen molar-refractivity contribution in [1.29, 1.82) is 0 Å². The van der Waals surface area contributed by atoms with Gasteiger partial charge in [-0.05, 0) is 13.0 Å². The number of hydrogen-bond donors (Lipinski definition) is 0. The molecule has 0 atom stereocenters. The van der Waals surface area contributed by atoms with Crippen LogP contribution in [0.5, 0.6) is 0 Å². The number of nitrogens with zero attached hydrogens (tertiary/aromatic N) is 1. The fraction of sp³-hybridized carbons (Fsp3) is 0.143. The van der Waals surface area contributed by atoms with E-state index in [1.54, 1.807) is 13.0 Å². The molecule has 0 saturated heterocycles. The van der Waals surface area contributed by atoms with Crippen molar-refractivity contribution < 1.29 is 4.92 Å². The van der Waals surface area contributed by atoms with E-state index in [9.17, 15) is 10.1 Å². The Kier molecular flexibility index (Phi) is 2.69. The third-order valence-corrected chi connectivity index (χ3v) is 2.52. The minimum Gasteiger partial charge on any atom is -0.258 e. The molecule has 0 aliphatic heterocycles. The van der Waals surface area contributed by atoms with Gasteiger partial charge < -0.3 is 0 Å². The highest BCUT2D eigenvalue weighted by molar-refractivity contribution is 9.10. The fourth-order valence-electron chi connectivity index (χ4n) is 0.822. The molecule has 1 aromatic carbocycles. The van der Waals surface area contributed by atoms with Crippen molar-refractivity contribution in [1.82, 2.24) is 0 Å². The van der Waals surface area contributed by atoms with Gasteiger partial charge in [-0.25, -0.2) is 0 Å². The van der Waals surface area contributed by atoms with Gasteiger partial charge >= 0.3 is 0 Å². The highest BCUT2D eigenvalue weighted by atomic mass is 79.9. The largest absolute Gasteiger partial charge is 0.274 e. The molecule has 0 radical (unpaired) electrons. The van der Waals surface area contributed by atoms with Crippen molar-refractivity contribution in [3.63, 3.8) is 0 Å². The van der Waals surface area contributed by atoms with Crippen LogP contribution >= 0.6 is 27.5 Å². The van der Waals surface area contributed by atoms with Crippen molar-refractivity contribution in [3.8, 4) is 0 Å². The van der Waals surface area contributed by atoms with Gasteiger partial charge in [0.05, 0.1) is 4.92 Å². The molecule has 0 spiro atoms. The monoisotopic (exact) mass is 249 g/mol. The van der Waals surface area contributed by atoms with Gasteiger partial charge in [0.2, 0.25) is 0 Å². The van der Waals surface area contributed by atoms with Gasteiger partial charge in [0, 0.05) is 21.1 Å². The van der Waals surface area contributed by atoms with Crippen molar-refractivity contribution >= 4 is 33.2 Å². The van der Waals surface area contributed by atoms with Gasteiger partial charge in [-0.3, -0.25) is 10.1 Å². The number of rotatable bonds is 1. The van der Waals surface area contributed by atoms with E-state index in [0.29, 0.717) is 15.1 Å². The molecule has 3 nitrogen and oxygen atoms in total. The summed E-state index contributed by atoms with van der Waals surface area (Å²) in [5.74, 6) is 0. The normalized spacial score (nSPS) is 9.92. The molecule has 0 aliphatic carbocycles. The smallest absolute Gasteiger partial charge is 0.258 e. The highest BCUT2D eigenvalue weighted by Crippen LogP contribution is 2.29. The fourth-order valence-corrected chi connectivity index (χ4v) is 1.62. The zero-order valence-corrected chi connectivity index (χ0v) is 8.52. The highest BCUT2D eigenvalue weighted by Gasteiger charge is 2.13. The molecule has 0 heterocycles. The summed E-state index contributed by atoms with van der Waals surface area (Å²) in [5.41, 5.74) is 0.624. The molecule has 64 valence electrons. The standard InChI is InChI=1S/C7H5BrClNO2/c1-4-6(8)2-5(9)3-7(4)10(11)12/h2-3H,1H3. The maximum atomic E-state index is 10.5. The van der Waals surface area contributed by atoms with Gasteiger partial charge in [0.1, 0.15) is 0 Å². The predicted molar refractivity (Wildman–Crippen MR) is 50.5 cm³/mol. The van der Waals surface area contributed by atoms with Gasteiger partial charge in [0.25, 0.3) is 5.69 Å². The molecule has 0 N–H and O–H groups in total. The Morgan fingerprint density at radius 3 is 2.67 bits per heavy atom. The molecule has 1 rings (SSSR count). The average molecular weight is 250 g/mol. The van der Waals surface area contributed by atoms with Crippen LogP contribution in [-0.2, 0) is 0 Å². The van der Waals surface area contributed by atoms with Crippen LogP contribution in [0.4, 0.5) is 5.69 Å². The second kappa shape index (κ2) is 3.41. The molecule has 0 aliphatic rings. The van der Waals surface area contributed by atoms with Crippen LogP contribution in [0.2, 0.25) is 5.02 Å². The number of benzene rings is 1. The first kappa shape index (κ1) is 9.48. The molecule has 5 heteroatoms. The van der Waals surface area contributed by atoms with E-state index in [2.05, 4.69) is 15.9 Å². The Morgan fingerprint density at radius 2 is 2.17 bits per heavy atom. The van der Waals surface area contributed by atoms with Gasteiger partial charge in [-0.15, -0.1) is 0 Å². The van der Waals surface area contributed by atoms with Gasteiger partial charge in [-0.1, -0.05) is 27.5 Å². The first-order chi connectivity index (χ1) is 5.52. The number of nitro groups is 1. The van der Waals surface area contributed by atoms with Crippen LogP contribution in [-0.4, -0.2) is 4.92 Å². The first-order valence-electron chi connectivity index (χ1n) is 3.12. The number of halogens is 2. The van der Waals surface area contributed by atoms with Crippen LogP contribution in [0.25, 0.3) is 0 Å². The lowest BCUT2D eigenvalue weighted by molar-refractivity contribution is -0.385. The summed E-state index contributed by atoms with van der Waals surface area (Å²) in [6.07, 6.45) is 0. The van der Waals surface area contributed by atoms with E-state index >= 15 is 0 Å². The van der Waals surface area contributed by atoms with Crippen LogP contribution < -0.4 is 0 Å². The molecule has 0 amide bonds. The van der Waals surface area contributed by atoms with Crippen LogP contribution in [0, 0.1) is 17.0 Å². The predicted octanol–water partition coefficient (Wildman–Crippen LogP) is 3.32. The molecule has 0 fully saturated rings. The topological polar surface area (TPSA) is 43.1 Å². The van der Waals surface area contributed by atoms with E-state index in [4.69, 9.17) is 11.6 Å². The van der Waals surface area contributed by atoms with E-state index in [0.717, 1.165) is 0 Å². The minimum atomic E-state index is -0.452. The zero-order chi connectivity index (χ0) is 9.30. The van der Waals surface area contributed by atoms with Gasteiger partial charge in [-0.2, -0.15) is 0 Å². The van der Waals surface area contributed by atoms with E-state index in [1.807, 2.05) is 0 Å². The lowest BCUT2D eigenvalue weighted by Gasteiger charge is -1.99. The van der Waals surface area contributed by atoms with E-state index < -0.39 is 4.92 Å². The maximum Gasteiger partial charge on any atom is 0.274 e. The summed E-state index contributed by atoms with van der Waals surface area (Å²) in [7, 11) is 0. The molecular formula is C7H5BrClNO2. The van der Waals surface area contributed by atoms with Gasteiger partial charge in [0.15, 0.2) is 0 Å². The minimum absolute atomic E-state index is 0.0365. The van der Waals surface area contributed by atoms with Crippen LogP contribution in [0.15, 0.2) is 16.6 Å². The summed E-state index contributed by atoms with van der Waals surface area (Å²) >= 11 is 8.81. The lowest BCUT2D eigenvalue weighted by Crippen LogP contribution is -1.92. The van der Waals surface area contributed by atoms with E-state index in [1.165, 1.54) is 6.07 Å². The molecule has 0 aromatic heterocycles. The van der Waals surface area contributed by atoms with Crippen LogP contribution in [0.3, 0.4) is 0 Å². The van der Waals surface area contributed by atoms with Crippen LogP contribution in [0.1, 0.15) is 5.56 Å². The molecule has 12 heavy (non-hydrogen) atoms. The van der Waals surface area contributed by atoms with Crippen molar-refractivity contribution in [3.05, 3.63) is 37.3 Å². The third kappa shape index (κ3) is 1.76. The molecule has 0 unspecified atom stereocenters. The number of nitro benzene ring substituents is 1. The van der Waals surface area contributed by atoms with E-state index in [-0.39, 0.29) is 5.69 Å². The summed E-state index contributed by atoms with van der Waals surface area (Å²) in [6.45, 7) is 1.67. The number of hydrogen-bond acceptors (Lipinski definition) is 2. The molecule has 1 aromatic rings. The summed E-state index contributed by atoms with van der Waals surface area (Å²) < 4.78 is 0.654. The average Bonchev–Trinajstić information content (AvgIpc) is 1.96. The Hall–Kier alpha value is -0.610.